The number of fused-ring (bicyclic) bond motifs is 1. The van der Waals surface area contributed by atoms with Crippen molar-refractivity contribution in [1.29, 1.82) is 0 Å². The average molecular weight is 366 g/mol. The van der Waals surface area contributed by atoms with Gasteiger partial charge in [-0.1, -0.05) is 30.2 Å². The number of allylic oxidation sites excluding steroid dienone is 2. The van der Waals surface area contributed by atoms with Gasteiger partial charge in [-0.3, -0.25) is 4.79 Å². The first-order chi connectivity index (χ1) is 12.4. The summed E-state index contributed by atoms with van der Waals surface area (Å²) in [5.74, 6) is -0.400. The summed E-state index contributed by atoms with van der Waals surface area (Å²) in [4.78, 5) is 10.6. The summed E-state index contributed by atoms with van der Waals surface area (Å²) in [5, 5.41) is 29.1. The molecular formula is C21H34O5. The molecule has 5 nitrogen and oxygen atoms in total. The van der Waals surface area contributed by atoms with E-state index < -0.39 is 18.2 Å². The number of hydrogen-bond acceptors (Lipinski definition) is 4. The number of unbranched alkanes of at least 4 members (excludes halogenated alkanes) is 1. The Hall–Kier alpha value is -1.17. The Balaban J connectivity index is 1.78. The van der Waals surface area contributed by atoms with Gasteiger partial charge in [0.25, 0.3) is 0 Å². The lowest BCUT2D eigenvalue weighted by Crippen LogP contribution is -2.19. The zero-order chi connectivity index (χ0) is 19.1. The van der Waals surface area contributed by atoms with E-state index in [9.17, 15) is 15.0 Å². The molecular weight excluding hydrogens is 332 g/mol. The molecule has 5 heteroatoms. The molecule has 0 aromatic carbocycles. The standard InChI is InChI=1S/C21H34O5/c1-14(2)6-5-7-15(22)10-11-17-18-12-16(8-3-4-9-21(24)25)26-20(18)13-19(17)23/h6,10-11,15-20,22-23H,3-5,7-9,12-13H2,1-2H3,(H,24,25)/b11-10+/t15-,16-,17+,18+,19+,20-/m0/s1. The van der Waals surface area contributed by atoms with Crippen molar-refractivity contribution < 1.29 is 24.9 Å². The molecule has 0 aromatic heterocycles. The molecule has 6 atom stereocenters. The summed E-state index contributed by atoms with van der Waals surface area (Å²) < 4.78 is 6.08. The van der Waals surface area contributed by atoms with E-state index in [1.165, 1.54) is 5.57 Å². The summed E-state index contributed by atoms with van der Waals surface area (Å²) in [5.41, 5.74) is 1.26. The number of aliphatic carboxylic acids is 1. The molecule has 1 aliphatic heterocycles. The lowest BCUT2D eigenvalue weighted by atomic mass is 9.89. The first-order valence-electron chi connectivity index (χ1n) is 9.92. The highest BCUT2D eigenvalue weighted by atomic mass is 16.5. The Morgan fingerprint density at radius 2 is 2.04 bits per heavy atom. The molecule has 0 bridgehead atoms. The lowest BCUT2D eigenvalue weighted by Gasteiger charge is -2.18. The van der Waals surface area contributed by atoms with Gasteiger partial charge in [-0.2, -0.15) is 0 Å². The van der Waals surface area contributed by atoms with Crippen LogP contribution in [-0.2, 0) is 9.53 Å². The number of ether oxygens (including phenoxy) is 1. The van der Waals surface area contributed by atoms with E-state index in [2.05, 4.69) is 19.9 Å². The van der Waals surface area contributed by atoms with Crippen molar-refractivity contribution in [1.82, 2.24) is 0 Å². The van der Waals surface area contributed by atoms with Gasteiger partial charge in [0, 0.05) is 18.8 Å². The molecule has 1 saturated heterocycles. The minimum atomic E-state index is -0.745. The molecule has 2 fully saturated rings. The molecule has 1 heterocycles. The molecule has 0 unspecified atom stereocenters. The third-order valence-electron chi connectivity index (χ3n) is 5.53. The molecule has 2 rings (SSSR count). The van der Waals surface area contributed by atoms with Crippen LogP contribution in [0.4, 0.5) is 0 Å². The largest absolute Gasteiger partial charge is 0.481 e. The fraction of sp³-hybridized carbons (Fsp3) is 0.762. The second kappa shape index (κ2) is 10.2. The van der Waals surface area contributed by atoms with Gasteiger partial charge in [0.1, 0.15) is 0 Å². The van der Waals surface area contributed by atoms with Gasteiger partial charge in [0.15, 0.2) is 0 Å². The van der Waals surface area contributed by atoms with Crippen LogP contribution in [0.5, 0.6) is 0 Å². The van der Waals surface area contributed by atoms with Crippen LogP contribution < -0.4 is 0 Å². The molecule has 26 heavy (non-hydrogen) atoms. The fourth-order valence-electron chi connectivity index (χ4n) is 4.18. The van der Waals surface area contributed by atoms with Gasteiger partial charge >= 0.3 is 5.97 Å². The highest BCUT2D eigenvalue weighted by Crippen LogP contribution is 2.45. The minimum absolute atomic E-state index is 0.0436. The van der Waals surface area contributed by atoms with Crippen molar-refractivity contribution >= 4 is 5.97 Å². The van der Waals surface area contributed by atoms with Gasteiger partial charge in [0.2, 0.25) is 0 Å². The number of aliphatic hydroxyl groups is 2. The Kier molecular flexibility index (Phi) is 8.32. The minimum Gasteiger partial charge on any atom is -0.481 e. The quantitative estimate of drug-likeness (QED) is 0.407. The molecule has 0 amide bonds. The predicted octanol–water partition coefficient (Wildman–Crippen LogP) is 3.45. The maximum atomic E-state index is 10.6. The molecule has 148 valence electrons. The average Bonchev–Trinajstić information content (AvgIpc) is 3.05. The van der Waals surface area contributed by atoms with Crippen molar-refractivity contribution in [2.75, 3.05) is 0 Å². The van der Waals surface area contributed by atoms with Crippen LogP contribution in [0.15, 0.2) is 23.8 Å². The Morgan fingerprint density at radius 1 is 1.27 bits per heavy atom. The van der Waals surface area contributed by atoms with Crippen LogP contribution in [0.2, 0.25) is 0 Å². The van der Waals surface area contributed by atoms with Crippen molar-refractivity contribution in [3.63, 3.8) is 0 Å². The van der Waals surface area contributed by atoms with Crippen LogP contribution in [0.3, 0.4) is 0 Å². The SMILES string of the molecule is CC(C)=CCC[C@H](O)/C=C/[C@@H]1[C@H]2C[C@H](CCCCC(=O)O)O[C@H]2C[C@H]1O. The first-order valence-corrected chi connectivity index (χ1v) is 9.92. The van der Waals surface area contributed by atoms with Gasteiger partial charge in [-0.15, -0.1) is 0 Å². The topological polar surface area (TPSA) is 87.0 Å². The summed E-state index contributed by atoms with van der Waals surface area (Å²) in [7, 11) is 0. The second-order valence-corrected chi connectivity index (χ2v) is 8.03. The van der Waals surface area contributed by atoms with Crippen LogP contribution in [0.1, 0.15) is 65.2 Å². The first kappa shape index (κ1) is 21.1. The van der Waals surface area contributed by atoms with E-state index in [0.717, 1.165) is 25.7 Å². The Morgan fingerprint density at radius 3 is 2.73 bits per heavy atom. The smallest absolute Gasteiger partial charge is 0.303 e. The van der Waals surface area contributed by atoms with Crippen LogP contribution in [-0.4, -0.2) is 45.7 Å². The van der Waals surface area contributed by atoms with Crippen molar-refractivity contribution in [3.05, 3.63) is 23.8 Å². The van der Waals surface area contributed by atoms with Gasteiger partial charge in [-0.05, 0) is 51.9 Å². The number of carboxylic acid groups (broad SMARTS) is 1. The number of aliphatic hydroxyl groups excluding tert-OH is 2. The van der Waals surface area contributed by atoms with Crippen molar-refractivity contribution in [2.24, 2.45) is 11.8 Å². The number of carboxylic acids is 1. The zero-order valence-electron chi connectivity index (χ0n) is 16.0. The second-order valence-electron chi connectivity index (χ2n) is 8.03. The molecule has 0 spiro atoms. The van der Waals surface area contributed by atoms with Crippen molar-refractivity contribution in [2.45, 2.75) is 89.6 Å². The van der Waals surface area contributed by atoms with E-state index in [-0.39, 0.29) is 24.5 Å². The maximum absolute atomic E-state index is 10.6. The van der Waals surface area contributed by atoms with Crippen LogP contribution in [0, 0.1) is 11.8 Å². The van der Waals surface area contributed by atoms with Crippen LogP contribution in [0.25, 0.3) is 0 Å². The highest BCUT2D eigenvalue weighted by Gasteiger charge is 2.47. The normalized spacial score (nSPS) is 31.9. The third-order valence-corrected chi connectivity index (χ3v) is 5.53. The molecule has 0 aromatic rings. The molecule has 0 radical (unpaired) electrons. The highest BCUT2D eigenvalue weighted by molar-refractivity contribution is 5.66. The Labute approximate surface area is 156 Å². The monoisotopic (exact) mass is 366 g/mol. The van der Waals surface area contributed by atoms with E-state index in [1.54, 1.807) is 0 Å². The zero-order valence-corrected chi connectivity index (χ0v) is 16.0. The van der Waals surface area contributed by atoms with Crippen LogP contribution >= 0.6 is 0 Å². The van der Waals surface area contributed by atoms with Crippen molar-refractivity contribution in [3.8, 4) is 0 Å². The maximum Gasteiger partial charge on any atom is 0.303 e. The number of hydrogen-bond donors (Lipinski definition) is 3. The predicted molar refractivity (Wildman–Crippen MR) is 101 cm³/mol. The van der Waals surface area contributed by atoms with E-state index >= 15 is 0 Å². The third kappa shape index (κ3) is 6.53. The fourth-order valence-corrected chi connectivity index (χ4v) is 4.18. The number of rotatable bonds is 10. The molecule has 1 saturated carbocycles. The molecule has 1 aliphatic carbocycles. The van der Waals surface area contributed by atoms with Gasteiger partial charge < -0.3 is 20.1 Å². The summed E-state index contributed by atoms with van der Waals surface area (Å²) in [6.07, 6.45) is 11.1. The van der Waals surface area contributed by atoms with Gasteiger partial charge in [0.05, 0.1) is 24.4 Å². The van der Waals surface area contributed by atoms with E-state index in [0.29, 0.717) is 25.2 Å². The lowest BCUT2D eigenvalue weighted by molar-refractivity contribution is -0.137. The summed E-state index contributed by atoms with van der Waals surface area (Å²) in [6.45, 7) is 4.10. The number of carbonyl (C=O) groups is 1. The molecule has 3 N–H and O–H groups in total. The summed E-state index contributed by atoms with van der Waals surface area (Å²) in [6, 6.07) is 0. The summed E-state index contributed by atoms with van der Waals surface area (Å²) >= 11 is 0. The molecule has 2 aliphatic rings. The Bertz CT molecular complexity index is 509. The van der Waals surface area contributed by atoms with E-state index in [1.807, 2.05) is 12.2 Å². The van der Waals surface area contributed by atoms with Gasteiger partial charge in [-0.25, -0.2) is 0 Å². The van der Waals surface area contributed by atoms with E-state index in [4.69, 9.17) is 9.84 Å².